The van der Waals surface area contributed by atoms with Gasteiger partial charge in [0.15, 0.2) is 0 Å². The van der Waals surface area contributed by atoms with E-state index in [1.807, 2.05) is 50.2 Å². The fourth-order valence-corrected chi connectivity index (χ4v) is 2.14. The van der Waals surface area contributed by atoms with Gasteiger partial charge in [-0.15, -0.1) is 0 Å². The standard InChI is InChI=1S/C15H15NO2/c1-9-4-3-5-11-8-13(18-15(9)11)14(16)12-7-6-10(2)17-12/h3-8,14H,16H2,1-2H3. The molecule has 3 nitrogen and oxygen atoms in total. The first-order chi connectivity index (χ1) is 8.65. The summed E-state index contributed by atoms with van der Waals surface area (Å²) in [5.41, 5.74) is 8.16. The van der Waals surface area contributed by atoms with E-state index in [4.69, 9.17) is 14.6 Å². The minimum atomic E-state index is -0.356. The van der Waals surface area contributed by atoms with Crippen molar-refractivity contribution in [3.8, 4) is 0 Å². The molecule has 0 fully saturated rings. The number of aryl methyl sites for hydroxylation is 2. The van der Waals surface area contributed by atoms with Gasteiger partial charge in [-0.1, -0.05) is 18.2 Å². The molecule has 3 aromatic rings. The topological polar surface area (TPSA) is 52.3 Å². The molecule has 1 atom stereocenters. The summed E-state index contributed by atoms with van der Waals surface area (Å²) in [4.78, 5) is 0. The summed E-state index contributed by atoms with van der Waals surface area (Å²) < 4.78 is 11.4. The number of rotatable bonds is 2. The van der Waals surface area contributed by atoms with E-state index >= 15 is 0 Å². The van der Waals surface area contributed by atoms with E-state index in [2.05, 4.69) is 0 Å². The Morgan fingerprint density at radius 3 is 2.50 bits per heavy atom. The highest BCUT2D eigenvalue weighted by molar-refractivity contribution is 5.81. The van der Waals surface area contributed by atoms with Crippen LogP contribution in [0.2, 0.25) is 0 Å². The zero-order valence-electron chi connectivity index (χ0n) is 10.4. The molecule has 0 saturated heterocycles. The molecule has 2 N–H and O–H groups in total. The predicted molar refractivity (Wildman–Crippen MR) is 70.4 cm³/mol. The van der Waals surface area contributed by atoms with Gasteiger partial charge in [-0.05, 0) is 37.6 Å². The second-order valence-electron chi connectivity index (χ2n) is 4.57. The van der Waals surface area contributed by atoms with Crippen LogP contribution in [0.1, 0.15) is 28.9 Å². The molecule has 0 bridgehead atoms. The van der Waals surface area contributed by atoms with Crippen LogP contribution in [0.5, 0.6) is 0 Å². The largest absolute Gasteiger partial charge is 0.464 e. The first-order valence-electron chi connectivity index (χ1n) is 5.96. The second-order valence-corrected chi connectivity index (χ2v) is 4.57. The van der Waals surface area contributed by atoms with Gasteiger partial charge in [0.2, 0.25) is 0 Å². The molecule has 0 aliphatic heterocycles. The highest BCUT2D eigenvalue weighted by atomic mass is 16.4. The van der Waals surface area contributed by atoms with Crippen molar-refractivity contribution in [1.29, 1.82) is 0 Å². The monoisotopic (exact) mass is 241 g/mol. The lowest BCUT2D eigenvalue weighted by Gasteiger charge is -2.04. The zero-order valence-corrected chi connectivity index (χ0v) is 10.4. The van der Waals surface area contributed by atoms with Gasteiger partial charge in [0.05, 0.1) is 0 Å². The van der Waals surface area contributed by atoms with Gasteiger partial charge < -0.3 is 14.6 Å². The lowest BCUT2D eigenvalue weighted by molar-refractivity contribution is 0.431. The Morgan fingerprint density at radius 1 is 1.00 bits per heavy atom. The van der Waals surface area contributed by atoms with Gasteiger partial charge >= 0.3 is 0 Å². The molecule has 92 valence electrons. The van der Waals surface area contributed by atoms with Crippen molar-refractivity contribution in [2.45, 2.75) is 19.9 Å². The van der Waals surface area contributed by atoms with Crippen LogP contribution in [0.4, 0.5) is 0 Å². The van der Waals surface area contributed by atoms with E-state index in [1.165, 1.54) is 0 Å². The van der Waals surface area contributed by atoms with Crippen molar-refractivity contribution < 1.29 is 8.83 Å². The first-order valence-corrected chi connectivity index (χ1v) is 5.96. The summed E-state index contributed by atoms with van der Waals surface area (Å²) in [5.74, 6) is 2.31. The summed E-state index contributed by atoms with van der Waals surface area (Å²) >= 11 is 0. The summed E-state index contributed by atoms with van der Waals surface area (Å²) in [6.45, 7) is 3.93. The number of furan rings is 2. The first kappa shape index (κ1) is 11.1. The smallest absolute Gasteiger partial charge is 0.137 e. The van der Waals surface area contributed by atoms with Crippen LogP contribution in [-0.4, -0.2) is 0 Å². The van der Waals surface area contributed by atoms with Gasteiger partial charge in [0, 0.05) is 5.39 Å². The molecule has 1 aromatic carbocycles. The van der Waals surface area contributed by atoms with E-state index in [-0.39, 0.29) is 6.04 Å². The lowest BCUT2D eigenvalue weighted by atomic mass is 10.1. The molecule has 0 saturated carbocycles. The van der Waals surface area contributed by atoms with Gasteiger partial charge in [-0.25, -0.2) is 0 Å². The molecular weight excluding hydrogens is 226 g/mol. The van der Waals surface area contributed by atoms with Crippen LogP contribution < -0.4 is 5.73 Å². The van der Waals surface area contributed by atoms with Crippen molar-refractivity contribution in [2.75, 3.05) is 0 Å². The molecule has 2 aromatic heterocycles. The third-order valence-electron chi connectivity index (χ3n) is 3.13. The predicted octanol–water partition coefficient (Wildman–Crippen LogP) is 3.69. The molecule has 3 rings (SSSR count). The zero-order chi connectivity index (χ0) is 12.7. The number of fused-ring (bicyclic) bond motifs is 1. The van der Waals surface area contributed by atoms with E-state index in [1.54, 1.807) is 0 Å². The van der Waals surface area contributed by atoms with Gasteiger partial charge in [-0.2, -0.15) is 0 Å². The minimum absolute atomic E-state index is 0.356. The molecule has 0 aliphatic carbocycles. The Balaban J connectivity index is 2.06. The molecule has 0 spiro atoms. The molecule has 0 radical (unpaired) electrons. The molecule has 2 heterocycles. The number of nitrogens with two attached hydrogens (primary N) is 1. The van der Waals surface area contributed by atoms with Gasteiger partial charge in [-0.3, -0.25) is 0 Å². The highest BCUT2D eigenvalue weighted by Gasteiger charge is 2.17. The summed E-state index contributed by atoms with van der Waals surface area (Å²) in [7, 11) is 0. The SMILES string of the molecule is Cc1ccc(C(N)c2cc3cccc(C)c3o2)o1. The maximum absolute atomic E-state index is 6.16. The van der Waals surface area contributed by atoms with Crippen LogP contribution in [0.3, 0.4) is 0 Å². The number of hydrogen-bond acceptors (Lipinski definition) is 3. The summed E-state index contributed by atoms with van der Waals surface area (Å²) in [6, 6.07) is 11.5. The minimum Gasteiger partial charge on any atom is -0.464 e. The van der Waals surface area contributed by atoms with Crippen LogP contribution in [0.15, 0.2) is 45.2 Å². The van der Waals surface area contributed by atoms with E-state index in [9.17, 15) is 0 Å². The molecule has 18 heavy (non-hydrogen) atoms. The Labute approximate surface area is 105 Å². The Hall–Kier alpha value is -2.00. The van der Waals surface area contributed by atoms with Crippen LogP contribution in [-0.2, 0) is 0 Å². The maximum Gasteiger partial charge on any atom is 0.137 e. The molecule has 0 aliphatic rings. The number of hydrogen-bond donors (Lipinski definition) is 1. The Bertz CT molecular complexity index is 693. The van der Waals surface area contributed by atoms with Gasteiger partial charge in [0.1, 0.15) is 28.9 Å². The van der Waals surface area contributed by atoms with E-state index in [0.717, 1.165) is 33.8 Å². The highest BCUT2D eigenvalue weighted by Crippen LogP contribution is 2.29. The second kappa shape index (κ2) is 4.03. The average molecular weight is 241 g/mol. The molecule has 0 amide bonds. The third kappa shape index (κ3) is 1.73. The number of benzene rings is 1. The van der Waals surface area contributed by atoms with E-state index < -0.39 is 0 Å². The fraction of sp³-hybridized carbons (Fsp3) is 0.200. The fourth-order valence-electron chi connectivity index (χ4n) is 2.14. The van der Waals surface area contributed by atoms with Crippen molar-refractivity contribution in [3.63, 3.8) is 0 Å². The molecule has 3 heteroatoms. The average Bonchev–Trinajstić information content (AvgIpc) is 2.95. The summed E-state index contributed by atoms with van der Waals surface area (Å²) in [5, 5.41) is 1.07. The van der Waals surface area contributed by atoms with Crippen molar-refractivity contribution in [2.24, 2.45) is 5.73 Å². The Morgan fingerprint density at radius 2 is 1.83 bits per heavy atom. The van der Waals surface area contributed by atoms with Crippen molar-refractivity contribution >= 4 is 11.0 Å². The van der Waals surface area contributed by atoms with Gasteiger partial charge in [0.25, 0.3) is 0 Å². The quantitative estimate of drug-likeness (QED) is 0.744. The van der Waals surface area contributed by atoms with Crippen LogP contribution in [0.25, 0.3) is 11.0 Å². The van der Waals surface area contributed by atoms with E-state index in [0.29, 0.717) is 0 Å². The normalized spacial score (nSPS) is 13.1. The third-order valence-corrected chi connectivity index (χ3v) is 3.13. The van der Waals surface area contributed by atoms with Crippen molar-refractivity contribution in [1.82, 2.24) is 0 Å². The lowest BCUT2D eigenvalue weighted by Crippen LogP contribution is -2.09. The summed E-state index contributed by atoms with van der Waals surface area (Å²) in [6.07, 6.45) is 0. The number of para-hydroxylation sites is 1. The Kier molecular flexibility index (Phi) is 2.49. The van der Waals surface area contributed by atoms with Crippen LogP contribution in [0, 0.1) is 13.8 Å². The van der Waals surface area contributed by atoms with Crippen molar-refractivity contribution in [3.05, 3.63) is 59.2 Å². The molecular formula is C15H15NO2. The van der Waals surface area contributed by atoms with Crippen LogP contribution >= 0.6 is 0 Å². The maximum atomic E-state index is 6.16. The molecule has 1 unspecified atom stereocenters.